The van der Waals surface area contributed by atoms with Gasteiger partial charge in [-0.15, -0.1) is 0 Å². The van der Waals surface area contributed by atoms with Crippen LogP contribution in [0.2, 0.25) is 0 Å². The molecule has 1 aliphatic heterocycles. The highest BCUT2D eigenvalue weighted by atomic mass is 79.9. The van der Waals surface area contributed by atoms with Gasteiger partial charge in [-0.2, -0.15) is 0 Å². The van der Waals surface area contributed by atoms with E-state index >= 15 is 0 Å². The molecule has 1 saturated heterocycles. The van der Waals surface area contributed by atoms with Gasteiger partial charge in [0.15, 0.2) is 16.4 Å². The van der Waals surface area contributed by atoms with Gasteiger partial charge in [-0.25, -0.2) is 13.2 Å². The van der Waals surface area contributed by atoms with Gasteiger partial charge in [-0.3, -0.25) is 4.79 Å². The fourth-order valence-corrected chi connectivity index (χ4v) is 4.87. The number of sulfone groups is 1. The Bertz CT molecular complexity index is 764. The van der Waals surface area contributed by atoms with Crippen molar-refractivity contribution >= 4 is 37.6 Å². The summed E-state index contributed by atoms with van der Waals surface area (Å²) in [6.07, 6.45) is 0.414. The lowest BCUT2D eigenvalue weighted by molar-refractivity contribution is -0.136. The fraction of sp³-hybridized carbons (Fsp3) is 0.500. The molecule has 0 aliphatic carbocycles. The van der Waals surface area contributed by atoms with Crippen LogP contribution in [0.25, 0.3) is 0 Å². The summed E-state index contributed by atoms with van der Waals surface area (Å²) in [5.74, 6) is -0.529. The second-order valence-electron chi connectivity index (χ2n) is 5.66. The Labute approximate surface area is 155 Å². The van der Waals surface area contributed by atoms with Crippen LogP contribution in [0.5, 0.6) is 5.75 Å². The average molecular weight is 434 g/mol. The fourth-order valence-electron chi connectivity index (χ4n) is 2.74. The lowest BCUT2D eigenvalue weighted by Crippen LogP contribution is -2.43. The van der Waals surface area contributed by atoms with E-state index in [0.717, 1.165) is 0 Å². The SMILES string of the molecule is CCN(C(=O)COC(=O)c1cc(OC)ccc1Br)[C@@H]1CCS(=O)(=O)C1. The molecule has 7 nitrogen and oxygen atoms in total. The van der Waals surface area contributed by atoms with Gasteiger partial charge in [-0.05, 0) is 47.5 Å². The number of ether oxygens (including phenoxy) is 2. The van der Waals surface area contributed by atoms with Crippen LogP contribution in [0.3, 0.4) is 0 Å². The van der Waals surface area contributed by atoms with Crippen molar-refractivity contribution in [2.75, 3.05) is 31.8 Å². The van der Waals surface area contributed by atoms with E-state index in [1.54, 1.807) is 19.1 Å². The number of amides is 1. The van der Waals surface area contributed by atoms with Crippen LogP contribution in [0, 0.1) is 0 Å². The van der Waals surface area contributed by atoms with E-state index in [0.29, 0.717) is 23.2 Å². The molecule has 1 aromatic carbocycles. The zero-order valence-corrected chi connectivity index (χ0v) is 16.4. The van der Waals surface area contributed by atoms with E-state index in [1.165, 1.54) is 18.1 Å². The number of hydrogen-bond acceptors (Lipinski definition) is 6. The average Bonchev–Trinajstić information content (AvgIpc) is 2.93. The maximum absolute atomic E-state index is 12.3. The Morgan fingerprint density at radius 2 is 2.08 bits per heavy atom. The predicted octanol–water partition coefficient (Wildman–Crippen LogP) is 1.65. The highest BCUT2D eigenvalue weighted by Crippen LogP contribution is 2.23. The van der Waals surface area contributed by atoms with Crippen LogP contribution in [-0.4, -0.2) is 63.0 Å². The largest absolute Gasteiger partial charge is 0.497 e. The van der Waals surface area contributed by atoms with Gasteiger partial charge in [0.25, 0.3) is 5.91 Å². The topological polar surface area (TPSA) is 90.0 Å². The number of nitrogens with zero attached hydrogens (tertiary/aromatic N) is 1. The van der Waals surface area contributed by atoms with Crippen molar-refractivity contribution < 1.29 is 27.5 Å². The van der Waals surface area contributed by atoms with Crippen LogP contribution in [-0.2, 0) is 19.4 Å². The van der Waals surface area contributed by atoms with Crippen molar-refractivity contribution in [3.05, 3.63) is 28.2 Å². The molecule has 0 radical (unpaired) electrons. The first-order valence-electron chi connectivity index (χ1n) is 7.78. The van der Waals surface area contributed by atoms with Gasteiger partial charge in [0.1, 0.15) is 5.75 Å². The maximum Gasteiger partial charge on any atom is 0.339 e. The first-order valence-corrected chi connectivity index (χ1v) is 10.4. The number of halogens is 1. The summed E-state index contributed by atoms with van der Waals surface area (Å²) in [7, 11) is -1.61. The first kappa shape index (κ1) is 19.7. The number of rotatable bonds is 6. The molecule has 1 aliphatic rings. The van der Waals surface area contributed by atoms with Gasteiger partial charge in [0, 0.05) is 17.1 Å². The lowest BCUT2D eigenvalue weighted by atomic mass is 10.2. The predicted molar refractivity (Wildman–Crippen MR) is 95.4 cm³/mol. The van der Waals surface area contributed by atoms with E-state index < -0.39 is 28.3 Å². The molecule has 0 N–H and O–H groups in total. The number of hydrogen-bond donors (Lipinski definition) is 0. The molecular weight excluding hydrogens is 414 g/mol. The summed E-state index contributed by atoms with van der Waals surface area (Å²) < 4.78 is 33.9. The molecule has 138 valence electrons. The molecule has 0 unspecified atom stereocenters. The summed E-state index contributed by atoms with van der Waals surface area (Å²) in [6, 6.07) is 4.49. The second kappa shape index (κ2) is 8.18. The maximum atomic E-state index is 12.3. The minimum absolute atomic E-state index is 0.0397. The normalized spacial score (nSPS) is 18.6. The molecule has 1 atom stereocenters. The van der Waals surface area contributed by atoms with E-state index in [-0.39, 0.29) is 23.1 Å². The monoisotopic (exact) mass is 433 g/mol. The quantitative estimate of drug-likeness (QED) is 0.633. The molecule has 9 heteroatoms. The zero-order chi connectivity index (χ0) is 18.6. The van der Waals surface area contributed by atoms with E-state index in [2.05, 4.69) is 15.9 Å². The van der Waals surface area contributed by atoms with Crippen LogP contribution < -0.4 is 4.74 Å². The summed E-state index contributed by atoms with van der Waals surface area (Å²) in [4.78, 5) is 26.0. The molecule has 1 heterocycles. The first-order chi connectivity index (χ1) is 11.8. The van der Waals surface area contributed by atoms with Crippen molar-refractivity contribution in [3.8, 4) is 5.75 Å². The van der Waals surface area contributed by atoms with Gasteiger partial charge < -0.3 is 14.4 Å². The molecule has 2 rings (SSSR count). The van der Waals surface area contributed by atoms with E-state index in [4.69, 9.17) is 9.47 Å². The van der Waals surface area contributed by atoms with Crippen LogP contribution >= 0.6 is 15.9 Å². The summed E-state index contributed by atoms with van der Waals surface area (Å²) >= 11 is 3.26. The lowest BCUT2D eigenvalue weighted by Gasteiger charge is -2.26. The van der Waals surface area contributed by atoms with Crippen LogP contribution in [0.15, 0.2) is 22.7 Å². The minimum Gasteiger partial charge on any atom is -0.497 e. The molecule has 1 fully saturated rings. The van der Waals surface area contributed by atoms with Gasteiger partial charge in [0.2, 0.25) is 0 Å². The number of carbonyl (C=O) groups is 2. The Morgan fingerprint density at radius 1 is 1.36 bits per heavy atom. The van der Waals surface area contributed by atoms with Gasteiger partial charge in [-0.1, -0.05) is 0 Å². The molecule has 0 spiro atoms. The number of carbonyl (C=O) groups excluding carboxylic acids is 2. The van der Waals surface area contributed by atoms with Gasteiger partial charge in [0.05, 0.1) is 24.2 Å². The van der Waals surface area contributed by atoms with Gasteiger partial charge >= 0.3 is 5.97 Å². The van der Waals surface area contributed by atoms with E-state index in [1.807, 2.05) is 0 Å². The highest BCUT2D eigenvalue weighted by Gasteiger charge is 2.34. The Kier molecular flexibility index (Phi) is 6.45. The van der Waals surface area contributed by atoms with Crippen LogP contribution in [0.4, 0.5) is 0 Å². The number of esters is 1. The number of methoxy groups -OCH3 is 1. The van der Waals surface area contributed by atoms with Crippen molar-refractivity contribution in [3.63, 3.8) is 0 Å². The summed E-state index contributed by atoms with van der Waals surface area (Å²) in [6.45, 7) is 1.69. The Balaban J connectivity index is 2.00. The third-order valence-corrected chi connectivity index (χ3v) is 6.47. The highest BCUT2D eigenvalue weighted by molar-refractivity contribution is 9.10. The molecule has 0 bridgehead atoms. The summed E-state index contributed by atoms with van der Waals surface area (Å²) in [5, 5.41) is 0. The Hall–Kier alpha value is -1.61. The molecule has 25 heavy (non-hydrogen) atoms. The third kappa shape index (κ3) is 4.94. The smallest absolute Gasteiger partial charge is 0.339 e. The number of benzene rings is 1. The molecule has 1 amide bonds. The van der Waals surface area contributed by atoms with E-state index in [9.17, 15) is 18.0 Å². The van der Waals surface area contributed by atoms with Crippen molar-refractivity contribution in [1.82, 2.24) is 4.90 Å². The standard InChI is InChI=1S/C16H20BrNO6S/c1-3-18(11-6-7-25(21,22)10-11)15(19)9-24-16(20)13-8-12(23-2)4-5-14(13)17/h4-5,8,11H,3,6-7,9-10H2,1-2H3/t11-/m1/s1. The zero-order valence-electron chi connectivity index (χ0n) is 14.0. The van der Waals surface area contributed by atoms with Crippen molar-refractivity contribution in [1.29, 1.82) is 0 Å². The van der Waals surface area contributed by atoms with Crippen molar-refractivity contribution in [2.45, 2.75) is 19.4 Å². The molecule has 1 aromatic rings. The molecule has 0 aromatic heterocycles. The minimum atomic E-state index is -3.09. The van der Waals surface area contributed by atoms with Crippen molar-refractivity contribution in [2.24, 2.45) is 0 Å². The number of likely N-dealkylation sites (N-methyl/N-ethyl adjacent to an activating group) is 1. The third-order valence-electron chi connectivity index (χ3n) is 4.03. The molecule has 0 saturated carbocycles. The summed E-state index contributed by atoms with van der Waals surface area (Å²) in [5.41, 5.74) is 0.249. The Morgan fingerprint density at radius 3 is 2.64 bits per heavy atom. The second-order valence-corrected chi connectivity index (χ2v) is 8.74. The molecular formula is C16H20BrNO6S. The van der Waals surface area contributed by atoms with Crippen LogP contribution in [0.1, 0.15) is 23.7 Å².